The molecule has 1 N–H and O–H groups in total. The first-order valence-electron chi connectivity index (χ1n) is 12.1. The Hall–Kier alpha value is -3.78. The first-order chi connectivity index (χ1) is 19.1. The number of nitro groups is 1. The number of thioether (sulfide) groups is 1. The van der Waals surface area contributed by atoms with Gasteiger partial charge in [0.05, 0.1) is 26.3 Å². The van der Waals surface area contributed by atoms with Gasteiger partial charge in [0, 0.05) is 36.5 Å². The number of carbonyl (C=O) groups is 1. The number of hydrogen-bond acceptors (Lipinski definition) is 8. The summed E-state index contributed by atoms with van der Waals surface area (Å²) < 4.78 is 29.4. The lowest BCUT2D eigenvalue weighted by Gasteiger charge is -2.19. The van der Waals surface area contributed by atoms with Gasteiger partial charge in [0.15, 0.2) is 11.0 Å². The summed E-state index contributed by atoms with van der Waals surface area (Å²) in [4.78, 5) is 23.4. The molecule has 4 rings (SSSR count). The van der Waals surface area contributed by atoms with Crippen molar-refractivity contribution in [3.63, 3.8) is 0 Å². The summed E-state index contributed by atoms with van der Waals surface area (Å²) in [5.74, 6) is -0.156. The van der Waals surface area contributed by atoms with Crippen LogP contribution in [0.4, 0.5) is 11.4 Å². The molecule has 0 atom stereocenters. The molecule has 1 amide bonds. The third-order valence-electron chi connectivity index (χ3n) is 5.85. The predicted octanol–water partition coefficient (Wildman–Crippen LogP) is 5.26. The zero-order chi connectivity index (χ0) is 28.9. The van der Waals surface area contributed by atoms with Gasteiger partial charge in [-0.3, -0.25) is 19.5 Å². The molecule has 40 heavy (non-hydrogen) atoms. The molecule has 0 saturated carbocycles. The number of para-hydroxylation sites is 1. The molecule has 1 heterocycles. The number of rotatable bonds is 11. The monoisotopic (exact) mass is 600 g/mol. The first kappa shape index (κ1) is 29.2. The molecule has 0 aliphatic heterocycles. The van der Waals surface area contributed by atoms with Crippen LogP contribution in [0.1, 0.15) is 13.8 Å². The van der Waals surface area contributed by atoms with E-state index in [9.17, 15) is 23.3 Å². The average molecular weight is 601 g/mol. The molecule has 0 saturated heterocycles. The van der Waals surface area contributed by atoms with Crippen molar-refractivity contribution in [1.82, 2.24) is 19.1 Å². The van der Waals surface area contributed by atoms with E-state index in [1.807, 2.05) is 30.3 Å². The maximum absolute atomic E-state index is 13.1. The number of benzene rings is 3. The minimum absolute atomic E-state index is 0.0969. The van der Waals surface area contributed by atoms with Crippen molar-refractivity contribution in [1.29, 1.82) is 0 Å². The Bertz CT molecular complexity index is 1640. The van der Waals surface area contributed by atoms with Crippen molar-refractivity contribution in [2.75, 3.05) is 24.2 Å². The second-order valence-electron chi connectivity index (χ2n) is 8.35. The molecule has 0 spiro atoms. The highest BCUT2D eigenvalue weighted by Crippen LogP contribution is 2.31. The van der Waals surface area contributed by atoms with Crippen LogP contribution in [0.5, 0.6) is 0 Å². The van der Waals surface area contributed by atoms with E-state index in [0.717, 1.165) is 11.8 Å². The quantitative estimate of drug-likeness (QED) is 0.140. The maximum atomic E-state index is 13.1. The second kappa shape index (κ2) is 12.6. The van der Waals surface area contributed by atoms with Gasteiger partial charge in [-0.05, 0) is 30.3 Å². The Morgan fingerprint density at radius 2 is 1.77 bits per heavy atom. The lowest BCUT2D eigenvalue weighted by molar-refractivity contribution is -0.384. The fraction of sp³-hybridized carbons (Fsp3) is 0.192. The molecule has 208 valence electrons. The van der Waals surface area contributed by atoms with Crippen LogP contribution in [-0.4, -0.2) is 57.2 Å². The highest BCUT2D eigenvalue weighted by molar-refractivity contribution is 7.99. The third-order valence-corrected chi connectivity index (χ3v) is 9.15. The number of nitrogens with zero attached hydrogens (tertiary/aromatic N) is 5. The molecule has 14 heteroatoms. The molecule has 0 fully saturated rings. The van der Waals surface area contributed by atoms with Gasteiger partial charge in [-0.2, -0.15) is 4.31 Å². The number of nitro benzene ring substituents is 1. The van der Waals surface area contributed by atoms with Crippen LogP contribution in [-0.2, 0) is 14.8 Å². The van der Waals surface area contributed by atoms with Crippen LogP contribution in [0.2, 0.25) is 5.02 Å². The number of non-ortho nitro benzene ring substituents is 1. The zero-order valence-corrected chi connectivity index (χ0v) is 23.9. The zero-order valence-electron chi connectivity index (χ0n) is 21.5. The number of hydrogen-bond donors (Lipinski definition) is 1. The number of nitrogens with one attached hydrogen (secondary N) is 1. The van der Waals surface area contributed by atoms with Gasteiger partial charge in [-0.1, -0.05) is 67.5 Å². The van der Waals surface area contributed by atoms with Crippen molar-refractivity contribution < 1.29 is 18.1 Å². The normalized spacial score (nSPS) is 11.5. The van der Waals surface area contributed by atoms with E-state index >= 15 is 0 Å². The van der Waals surface area contributed by atoms with Crippen LogP contribution < -0.4 is 5.32 Å². The number of aromatic nitrogens is 3. The van der Waals surface area contributed by atoms with Gasteiger partial charge >= 0.3 is 0 Å². The van der Waals surface area contributed by atoms with Crippen LogP contribution in [0, 0.1) is 10.1 Å². The fourth-order valence-electron chi connectivity index (χ4n) is 3.91. The smallest absolute Gasteiger partial charge is 0.271 e. The number of amides is 1. The molecule has 1 aromatic heterocycles. The Labute approximate surface area is 240 Å². The molecule has 0 radical (unpaired) electrons. The van der Waals surface area contributed by atoms with Gasteiger partial charge in [0.1, 0.15) is 0 Å². The number of sulfonamides is 1. The topological polar surface area (TPSA) is 140 Å². The van der Waals surface area contributed by atoms with Crippen molar-refractivity contribution >= 4 is 50.7 Å². The molecule has 0 aliphatic carbocycles. The Morgan fingerprint density at radius 1 is 1.05 bits per heavy atom. The van der Waals surface area contributed by atoms with Crippen LogP contribution >= 0.6 is 23.4 Å². The molecular weight excluding hydrogens is 576 g/mol. The third kappa shape index (κ3) is 6.33. The number of anilines is 1. The Morgan fingerprint density at radius 3 is 2.45 bits per heavy atom. The van der Waals surface area contributed by atoms with Gasteiger partial charge < -0.3 is 5.32 Å². The van der Waals surface area contributed by atoms with E-state index in [4.69, 9.17) is 11.6 Å². The van der Waals surface area contributed by atoms with Crippen molar-refractivity contribution in [3.8, 4) is 17.1 Å². The molecule has 11 nitrogen and oxygen atoms in total. The summed E-state index contributed by atoms with van der Waals surface area (Å²) in [6.45, 7) is 4.24. The van der Waals surface area contributed by atoms with Crippen LogP contribution in [0.3, 0.4) is 0 Å². The minimum Gasteiger partial charge on any atom is -0.324 e. The summed E-state index contributed by atoms with van der Waals surface area (Å²) in [5.41, 5.74) is 1.16. The van der Waals surface area contributed by atoms with E-state index in [2.05, 4.69) is 15.5 Å². The van der Waals surface area contributed by atoms with E-state index < -0.39 is 20.9 Å². The Balaban J connectivity index is 1.65. The summed E-state index contributed by atoms with van der Waals surface area (Å²) >= 11 is 7.20. The van der Waals surface area contributed by atoms with Crippen molar-refractivity contribution in [2.45, 2.75) is 23.9 Å². The summed E-state index contributed by atoms with van der Waals surface area (Å²) in [6.07, 6.45) is 0. The van der Waals surface area contributed by atoms with Crippen molar-refractivity contribution in [2.24, 2.45) is 0 Å². The van der Waals surface area contributed by atoms with Crippen molar-refractivity contribution in [3.05, 3.63) is 87.9 Å². The highest BCUT2D eigenvalue weighted by atomic mass is 35.5. The molecule has 3 aromatic carbocycles. The van der Waals surface area contributed by atoms with E-state index in [-0.39, 0.29) is 27.0 Å². The Kier molecular flexibility index (Phi) is 9.20. The molecule has 0 unspecified atom stereocenters. The highest BCUT2D eigenvalue weighted by Gasteiger charge is 2.24. The van der Waals surface area contributed by atoms with E-state index in [1.165, 1.54) is 22.5 Å². The molecule has 4 aromatic rings. The van der Waals surface area contributed by atoms with Gasteiger partial charge in [0.2, 0.25) is 15.9 Å². The standard InChI is InChI=1S/C26H25ClN6O5S2/c1-3-31(4-2)40(37,38)21-12-8-9-18(15-21)25-29-30-26(32(25)19-10-6-5-7-11-19)39-17-24(34)28-23-16-20(33(35)36)13-14-22(23)27/h5-16H,3-4,17H2,1-2H3,(H,28,34). The van der Waals surface area contributed by atoms with E-state index in [1.54, 1.807) is 42.7 Å². The molecule has 0 bridgehead atoms. The number of halogens is 1. The summed E-state index contributed by atoms with van der Waals surface area (Å²) in [7, 11) is -3.70. The van der Waals surface area contributed by atoms with Gasteiger partial charge in [-0.15, -0.1) is 10.2 Å². The van der Waals surface area contributed by atoms with Gasteiger partial charge in [-0.25, -0.2) is 8.42 Å². The number of carbonyl (C=O) groups excluding carboxylic acids is 1. The maximum Gasteiger partial charge on any atom is 0.271 e. The molecular formula is C26H25ClN6O5S2. The van der Waals surface area contributed by atoms with Crippen LogP contribution in [0.25, 0.3) is 17.1 Å². The lowest BCUT2D eigenvalue weighted by Crippen LogP contribution is -2.30. The van der Waals surface area contributed by atoms with Gasteiger partial charge in [0.25, 0.3) is 5.69 Å². The SMILES string of the molecule is CCN(CC)S(=O)(=O)c1cccc(-c2nnc(SCC(=O)Nc3cc([N+](=O)[O-])ccc3Cl)n2-c2ccccc2)c1. The molecule has 0 aliphatic rings. The fourth-order valence-corrected chi connectivity index (χ4v) is 6.33. The van der Waals surface area contributed by atoms with E-state index in [0.29, 0.717) is 35.3 Å². The summed E-state index contributed by atoms with van der Waals surface area (Å²) in [6, 6.07) is 19.5. The van der Waals surface area contributed by atoms with Crippen LogP contribution in [0.15, 0.2) is 82.8 Å². The lowest BCUT2D eigenvalue weighted by atomic mass is 10.2. The predicted molar refractivity (Wildman–Crippen MR) is 154 cm³/mol. The largest absolute Gasteiger partial charge is 0.324 e. The first-order valence-corrected chi connectivity index (χ1v) is 14.9. The second-order valence-corrected chi connectivity index (χ2v) is 11.6. The average Bonchev–Trinajstić information content (AvgIpc) is 3.38. The minimum atomic E-state index is -3.70. The summed E-state index contributed by atoms with van der Waals surface area (Å²) in [5, 5.41) is 22.8.